The lowest BCUT2D eigenvalue weighted by atomic mass is 10.1. The lowest BCUT2D eigenvalue weighted by Crippen LogP contribution is -2.28. The fourth-order valence-corrected chi connectivity index (χ4v) is 3.67. The zero-order valence-corrected chi connectivity index (χ0v) is 13.2. The fourth-order valence-electron chi connectivity index (χ4n) is 2.18. The molecule has 22 heavy (non-hydrogen) atoms. The molecule has 6 heteroatoms. The van der Waals surface area contributed by atoms with E-state index in [0.29, 0.717) is 6.42 Å². The van der Waals surface area contributed by atoms with E-state index in [1.54, 1.807) is 0 Å². The first kappa shape index (κ1) is 16.5. The normalized spacial score (nSPS) is 12.9. The number of nitrogens with one attached hydrogen (secondary N) is 1. The van der Waals surface area contributed by atoms with Crippen molar-refractivity contribution >= 4 is 10.0 Å². The maximum atomic E-state index is 13.4. The van der Waals surface area contributed by atoms with Crippen LogP contribution >= 0.6 is 0 Å². The summed E-state index contributed by atoms with van der Waals surface area (Å²) in [6.07, 6.45) is 0.570. The molecule has 0 aliphatic rings. The van der Waals surface area contributed by atoms with Gasteiger partial charge in [0.25, 0.3) is 0 Å². The molecule has 2 aromatic rings. The number of benzene rings is 2. The summed E-state index contributed by atoms with van der Waals surface area (Å²) in [7, 11) is -2.55. The fraction of sp³-hybridized carbons (Fsp3) is 0.250. The van der Waals surface area contributed by atoms with Crippen molar-refractivity contribution in [3.63, 3.8) is 0 Å². The minimum Gasteiger partial charge on any atom is -0.495 e. The van der Waals surface area contributed by atoms with Gasteiger partial charge in [0, 0.05) is 6.04 Å². The zero-order chi connectivity index (χ0) is 16.2. The van der Waals surface area contributed by atoms with Crippen molar-refractivity contribution in [1.29, 1.82) is 0 Å². The summed E-state index contributed by atoms with van der Waals surface area (Å²) in [5.41, 5.74) is 0.851. The summed E-state index contributed by atoms with van der Waals surface area (Å²) >= 11 is 0. The number of halogens is 1. The number of ether oxygens (including phenoxy) is 1. The summed E-state index contributed by atoms with van der Waals surface area (Å²) in [5.74, 6) is -0.522. The van der Waals surface area contributed by atoms with Crippen LogP contribution in [-0.4, -0.2) is 15.5 Å². The highest BCUT2D eigenvalue weighted by Gasteiger charge is 2.24. The van der Waals surface area contributed by atoms with Gasteiger partial charge in [-0.3, -0.25) is 0 Å². The van der Waals surface area contributed by atoms with Crippen LogP contribution in [0.5, 0.6) is 5.75 Å². The largest absolute Gasteiger partial charge is 0.495 e. The molecular formula is C16H18FNO3S. The lowest BCUT2D eigenvalue weighted by Gasteiger charge is -2.18. The standard InChI is InChI=1S/C16H18FNO3S/c1-3-14(12-7-5-4-6-8-12)18-22(19,20)16-11-13(17)9-10-15(16)21-2/h4-11,14,18H,3H2,1-2H3/t14-/m0/s1. The van der Waals surface area contributed by atoms with Crippen molar-refractivity contribution in [3.05, 3.63) is 59.9 Å². The van der Waals surface area contributed by atoms with Gasteiger partial charge in [-0.25, -0.2) is 17.5 Å². The molecule has 0 bridgehead atoms. The van der Waals surface area contributed by atoms with Crippen LogP contribution in [0.25, 0.3) is 0 Å². The van der Waals surface area contributed by atoms with Gasteiger partial charge in [0.2, 0.25) is 10.0 Å². The summed E-state index contributed by atoms with van der Waals surface area (Å²) in [5, 5.41) is 0. The van der Waals surface area contributed by atoms with Crippen molar-refractivity contribution in [3.8, 4) is 5.75 Å². The topological polar surface area (TPSA) is 55.4 Å². The Balaban J connectivity index is 2.37. The Bertz CT molecular complexity index is 732. The van der Waals surface area contributed by atoms with E-state index in [1.807, 2.05) is 37.3 Å². The molecule has 1 N–H and O–H groups in total. The Kier molecular flexibility index (Phi) is 5.15. The van der Waals surface area contributed by atoms with Crippen molar-refractivity contribution in [2.24, 2.45) is 0 Å². The predicted octanol–water partition coefficient (Wildman–Crippen LogP) is 3.26. The summed E-state index contributed by atoms with van der Waals surface area (Å²) in [6, 6.07) is 12.3. The molecular weight excluding hydrogens is 305 g/mol. The average molecular weight is 323 g/mol. The van der Waals surface area contributed by atoms with E-state index >= 15 is 0 Å². The molecule has 1 atom stereocenters. The van der Waals surface area contributed by atoms with Crippen LogP contribution in [0.2, 0.25) is 0 Å². The summed E-state index contributed by atoms with van der Waals surface area (Å²) in [6.45, 7) is 1.88. The third-order valence-electron chi connectivity index (χ3n) is 3.32. The Morgan fingerprint density at radius 1 is 1.18 bits per heavy atom. The minimum absolute atomic E-state index is 0.108. The molecule has 0 aromatic heterocycles. The highest BCUT2D eigenvalue weighted by atomic mass is 32.2. The lowest BCUT2D eigenvalue weighted by molar-refractivity contribution is 0.400. The monoisotopic (exact) mass is 323 g/mol. The maximum Gasteiger partial charge on any atom is 0.244 e. The molecule has 0 aliphatic carbocycles. The molecule has 4 nitrogen and oxygen atoms in total. The first-order valence-electron chi connectivity index (χ1n) is 6.88. The molecule has 0 fully saturated rings. The first-order valence-corrected chi connectivity index (χ1v) is 8.37. The molecule has 0 saturated carbocycles. The van der Waals surface area contributed by atoms with Crippen LogP contribution in [0.3, 0.4) is 0 Å². The number of methoxy groups -OCH3 is 1. The number of hydrogen-bond donors (Lipinski definition) is 1. The molecule has 0 spiro atoms. The Morgan fingerprint density at radius 2 is 1.86 bits per heavy atom. The van der Waals surface area contributed by atoms with E-state index in [2.05, 4.69) is 4.72 Å². The maximum absolute atomic E-state index is 13.4. The van der Waals surface area contributed by atoms with Gasteiger partial charge in [0.05, 0.1) is 7.11 Å². The van der Waals surface area contributed by atoms with E-state index in [9.17, 15) is 12.8 Å². The van der Waals surface area contributed by atoms with Crippen LogP contribution in [0, 0.1) is 5.82 Å². The summed E-state index contributed by atoms with van der Waals surface area (Å²) < 4.78 is 46.1. The second-order valence-corrected chi connectivity index (χ2v) is 6.47. The molecule has 0 heterocycles. The van der Waals surface area contributed by atoms with Crippen LogP contribution < -0.4 is 9.46 Å². The van der Waals surface area contributed by atoms with Gasteiger partial charge in [0.15, 0.2) is 0 Å². The molecule has 2 aromatic carbocycles. The van der Waals surface area contributed by atoms with Gasteiger partial charge in [-0.05, 0) is 30.2 Å². The highest BCUT2D eigenvalue weighted by Crippen LogP contribution is 2.27. The Labute approximate surface area is 130 Å². The molecule has 0 unspecified atom stereocenters. The van der Waals surface area contributed by atoms with Gasteiger partial charge in [-0.15, -0.1) is 0 Å². The molecule has 2 rings (SSSR count). The Hall–Kier alpha value is -1.92. The molecule has 118 valence electrons. The molecule has 0 aliphatic heterocycles. The number of rotatable bonds is 6. The van der Waals surface area contributed by atoms with Gasteiger partial charge >= 0.3 is 0 Å². The van der Waals surface area contributed by atoms with E-state index < -0.39 is 15.8 Å². The molecule has 0 amide bonds. The zero-order valence-electron chi connectivity index (χ0n) is 12.4. The second kappa shape index (κ2) is 6.89. The van der Waals surface area contributed by atoms with Gasteiger partial charge in [-0.2, -0.15) is 0 Å². The van der Waals surface area contributed by atoms with Crippen LogP contribution in [0.15, 0.2) is 53.4 Å². The number of sulfonamides is 1. The van der Waals surface area contributed by atoms with Crippen molar-refractivity contribution < 1.29 is 17.5 Å². The van der Waals surface area contributed by atoms with E-state index in [-0.39, 0.29) is 16.7 Å². The predicted molar refractivity (Wildman–Crippen MR) is 82.7 cm³/mol. The highest BCUT2D eigenvalue weighted by molar-refractivity contribution is 7.89. The molecule has 0 saturated heterocycles. The smallest absolute Gasteiger partial charge is 0.244 e. The van der Waals surface area contributed by atoms with E-state index in [0.717, 1.165) is 17.7 Å². The van der Waals surface area contributed by atoms with Crippen LogP contribution in [0.1, 0.15) is 24.9 Å². The van der Waals surface area contributed by atoms with Crippen LogP contribution in [0.4, 0.5) is 4.39 Å². The third-order valence-corrected chi connectivity index (χ3v) is 4.82. The average Bonchev–Trinajstić information content (AvgIpc) is 2.53. The van der Waals surface area contributed by atoms with E-state index in [1.165, 1.54) is 13.2 Å². The third kappa shape index (κ3) is 3.64. The number of hydrogen-bond acceptors (Lipinski definition) is 3. The van der Waals surface area contributed by atoms with Crippen molar-refractivity contribution in [2.75, 3.05) is 7.11 Å². The van der Waals surface area contributed by atoms with Gasteiger partial charge < -0.3 is 4.74 Å². The van der Waals surface area contributed by atoms with Gasteiger partial charge in [0.1, 0.15) is 16.5 Å². The van der Waals surface area contributed by atoms with E-state index in [4.69, 9.17) is 4.74 Å². The molecule has 0 radical (unpaired) electrons. The van der Waals surface area contributed by atoms with Crippen molar-refractivity contribution in [1.82, 2.24) is 4.72 Å². The Morgan fingerprint density at radius 3 is 2.45 bits per heavy atom. The SMILES string of the molecule is CC[C@H](NS(=O)(=O)c1cc(F)ccc1OC)c1ccccc1. The van der Waals surface area contributed by atoms with Crippen LogP contribution in [-0.2, 0) is 10.0 Å². The van der Waals surface area contributed by atoms with Gasteiger partial charge in [-0.1, -0.05) is 37.3 Å². The minimum atomic E-state index is -3.90. The first-order chi connectivity index (χ1) is 10.5. The summed E-state index contributed by atoms with van der Waals surface area (Å²) in [4.78, 5) is -0.204. The van der Waals surface area contributed by atoms with Crippen molar-refractivity contribution in [2.45, 2.75) is 24.3 Å². The second-order valence-electron chi connectivity index (χ2n) is 4.79. The quantitative estimate of drug-likeness (QED) is 0.888.